The molecule has 4 heteroatoms. The van der Waals surface area contributed by atoms with Crippen LogP contribution in [0.25, 0.3) is 0 Å². The van der Waals surface area contributed by atoms with Gasteiger partial charge in [0, 0.05) is 24.6 Å². The molecule has 1 aliphatic rings. The van der Waals surface area contributed by atoms with E-state index in [1.807, 2.05) is 6.07 Å². The lowest BCUT2D eigenvalue weighted by molar-refractivity contribution is 0.100. The molecule has 1 atom stereocenters. The molecule has 1 heterocycles. The van der Waals surface area contributed by atoms with E-state index in [4.69, 9.17) is 11.5 Å². The number of carbonyl (C=O) groups excluding carboxylic acids is 1. The van der Waals surface area contributed by atoms with Crippen molar-refractivity contribution in [1.82, 2.24) is 0 Å². The van der Waals surface area contributed by atoms with Crippen molar-refractivity contribution < 1.29 is 4.79 Å². The summed E-state index contributed by atoms with van der Waals surface area (Å²) < 4.78 is 0. The predicted molar refractivity (Wildman–Crippen MR) is 85.4 cm³/mol. The summed E-state index contributed by atoms with van der Waals surface area (Å²) in [7, 11) is 0. The van der Waals surface area contributed by atoms with Gasteiger partial charge >= 0.3 is 0 Å². The smallest absolute Gasteiger partial charge is 0.248 e. The van der Waals surface area contributed by atoms with Crippen LogP contribution in [0, 0.1) is 0 Å². The highest BCUT2D eigenvalue weighted by molar-refractivity contribution is 5.95. The Balaban J connectivity index is 1.83. The van der Waals surface area contributed by atoms with Crippen LogP contribution < -0.4 is 16.4 Å². The summed E-state index contributed by atoms with van der Waals surface area (Å²) in [4.78, 5) is 13.6. The maximum atomic E-state index is 11.3. The molecule has 0 spiro atoms. The van der Waals surface area contributed by atoms with Crippen LogP contribution >= 0.6 is 0 Å². The Bertz CT molecular complexity index is 654. The summed E-state index contributed by atoms with van der Waals surface area (Å²) >= 11 is 0. The van der Waals surface area contributed by atoms with Crippen LogP contribution in [0.5, 0.6) is 0 Å². The Morgan fingerprint density at radius 1 is 1.14 bits per heavy atom. The van der Waals surface area contributed by atoms with Crippen LogP contribution in [0.3, 0.4) is 0 Å². The molecule has 4 nitrogen and oxygen atoms in total. The standard InChI is InChI=1S/C17H19N3O/c18-15-7-6-13(17(19)21)10-16(15)20-9-8-14(11-20)12-4-2-1-3-5-12/h1-7,10,14H,8-9,11,18H2,(H2,19,21). The third-order valence-electron chi connectivity index (χ3n) is 4.11. The molecular formula is C17H19N3O. The monoisotopic (exact) mass is 281 g/mol. The summed E-state index contributed by atoms with van der Waals surface area (Å²) in [6.45, 7) is 1.85. The minimum atomic E-state index is -0.421. The van der Waals surface area contributed by atoms with Crippen molar-refractivity contribution in [2.24, 2.45) is 5.73 Å². The Morgan fingerprint density at radius 3 is 2.62 bits per heavy atom. The second-order valence-electron chi connectivity index (χ2n) is 5.48. The molecule has 2 aromatic carbocycles. The van der Waals surface area contributed by atoms with E-state index in [0.717, 1.165) is 25.2 Å². The summed E-state index contributed by atoms with van der Waals surface area (Å²) in [5.74, 6) is 0.0814. The lowest BCUT2D eigenvalue weighted by atomic mass is 9.99. The molecule has 1 unspecified atom stereocenters. The lowest BCUT2D eigenvalue weighted by Gasteiger charge is -2.21. The second-order valence-corrected chi connectivity index (χ2v) is 5.48. The third-order valence-corrected chi connectivity index (χ3v) is 4.11. The maximum Gasteiger partial charge on any atom is 0.248 e. The molecule has 0 saturated carbocycles. The second kappa shape index (κ2) is 5.48. The topological polar surface area (TPSA) is 72.3 Å². The van der Waals surface area contributed by atoms with E-state index in [1.165, 1.54) is 5.56 Å². The Morgan fingerprint density at radius 2 is 1.90 bits per heavy atom. The minimum Gasteiger partial charge on any atom is -0.397 e. The van der Waals surface area contributed by atoms with Crippen LogP contribution in [0.4, 0.5) is 11.4 Å². The van der Waals surface area contributed by atoms with E-state index < -0.39 is 5.91 Å². The van der Waals surface area contributed by atoms with E-state index in [-0.39, 0.29) is 0 Å². The van der Waals surface area contributed by atoms with Crippen molar-refractivity contribution in [1.29, 1.82) is 0 Å². The molecule has 1 amide bonds. The van der Waals surface area contributed by atoms with Crippen LogP contribution in [0.15, 0.2) is 48.5 Å². The fourth-order valence-electron chi connectivity index (χ4n) is 2.95. The SMILES string of the molecule is NC(=O)c1ccc(N)c(N2CCC(c3ccccc3)C2)c1. The quantitative estimate of drug-likeness (QED) is 0.848. The molecule has 108 valence electrons. The van der Waals surface area contributed by atoms with E-state index in [1.54, 1.807) is 18.2 Å². The summed E-state index contributed by atoms with van der Waals surface area (Å²) in [6.07, 6.45) is 1.09. The fraction of sp³-hybridized carbons (Fsp3) is 0.235. The number of carbonyl (C=O) groups is 1. The first-order valence-electron chi connectivity index (χ1n) is 7.14. The van der Waals surface area contributed by atoms with Gasteiger partial charge in [-0.25, -0.2) is 0 Å². The minimum absolute atomic E-state index is 0.421. The van der Waals surface area contributed by atoms with E-state index in [2.05, 4.69) is 29.2 Å². The molecule has 0 aliphatic carbocycles. The van der Waals surface area contributed by atoms with Gasteiger partial charge in [-0.05, 0) is 30.2 Å². The molecule has 21 heavy (non-hydrogen) atoms. The van der Waals surface area contributed by atoms with Crippen LogP contribution in [0.2, 0.25) is 0 Å². The zero-order valence-electron chi connectivity index (χ0n) is 11.8. The number of nitrogen functional groups attached to an aromatic ring is 1. The molecule has 2 aromatic rings. The largest absolute Gasteiger partial charge is 0.397 e. The average molecular weight is 281 g/mol. The summed E-state index contributed by atoms with van der Waals surface area (Å²) in [5, 5.41) is 0. The fourth-order valence-corrected chi connectivity index (χ4v) is 2.95. The van der Waals surface area contributed by atoms with Crippen molar-refractivity contribution in [3.8, 4) is 0 Å². The first-order valence-corrected chi connectivity index (χ1v) is 7.14. The molecule has 1 fully saturated rings. The number of anilines is 2. The first-order chi connectivity index (χ1) is 10.1. The molecule has 1 aliphatic heterocycles. The molecular weight excluding hydrogens is 262 g/mol. The number of benzene rings is 2. The van der Waals surface area contributed by atoms with Gasteiger partial charge in [-0.3, -0.25) is 4.79 Å². The number of nitrogens with two attached hydrogens (primary N) is 2. The van der Waals surface area contributed by atoms with Crippen LogP contribution in [-0.4, -0.2) is 19.0 Å². The van der Waals surface area contributed by atoms with E-state index in [9.17, 15) is 4.79 Å². The van der Waals surface area contributed by atoms with Gasteiger partial charge in [0.1, 0.15) is 0 Å². The van der Waals surface area contributed by atoms with Gasteiger partial charge in [0.25, 0.3) is 0 Å². The summed E-state index contributed by atoms with van der Waals surface area (Å²) in [5.41, 5.74) is 14.9. The maximum absolute atomic E-state index is 11.3. The van der Waals surface area contributed by atoms with Gasteiger partial charge in [0.05, 0.1) is 11.4 Å². The van der Waals surface area contributed by atoms with Crippen molar-refractivity contribution in [3.63, 3.8) is 0 Å². The number of nitrogens with zero attached hydrogens (tertiary/aromatic N) is 1. The van der Waals surface area contributed by atoms with Gasteiger partial charge in [-0.15, -0.1) is 0 Å². The molecule has 1 saturated heterocycles. The Kier molecular flexibility index (Phi) is 3.52. The number of amides is 1. The molecule has 0 radical (unpaired) electrons. The zero-order valence-corrected chi connectivity index (χ0v) is 11.8. The van der Waals surface area contributed by atoms with Crippen molar-refractivity contribution >= 4 is 17.3 Å². The van der Waals surface area contributed by atoms with Gasteiger partial charge in [-0.1, -0.05) is 30.3 Å². The van der Waals surface area contributed by atoms with E-state index >= 15 is 0 Å². The van der Waals surface area contributed by atoms with E-state index in [0.29, 0.717) is 17.2 Å². The number of hydrogen-bond acceptors (Lipinski definition) is 3. The highest BCUT2D eigenvalue weighted by Gasteiger charge is 2.25. The molecule has 3 rings (SSSR count). The number of rotatable bonds is 3. The highest BCUT2D eigenvalue weighted by atomic mass is 16.1. The normalized spacial score (nSPS) is 17.9. The average Bonchev–Trinajstić information content (AvgIpc) is 2.98. The third kappa shape index (κ3) is 2.70. The van der Waals surface area contributed by atoms with Gasteiger partial charge < -0.3 is 16.4 Å². The molecule has 4 N–H and O–H groups in total. The predicted octanol–water partition coefficient (Wildman–Crippen LogP) is 2.36. The Hall–Kier alpha value is -2.49. The summed E-state index contributed by atoms with van der Waals surface area (Å²) in [6, 6.07) is 15.7. The first kappa shape index (κ1) is 13.5. The molecule has 0 bridgehead atoms. The van der Waals surface area contributed by atoms with Crippen molar-refractivity contribution in [2.75, 3.05) is 23.7 Å². The lowest BCUT2D eigenvalue weighted by Crippen LogP contribution is -2.21. The Labute approximate surface area is 124 Å². The van der Waals surface area contributed by atoms with Crippen LogP contribution in [0.1, 0.15) is 28.3 Å². The molecule has 0 aromatic heterocycles. The van der Waals surface area contributed by atoms with Crippen molar-refractivity contribution in [3.05, 3.63) is 59.7 Å². The zero-order chi connectivity index (χ0) is 14.8. The number of primary amides is 1. The highest BCUT2D eigenvalue weighted by Crippen LogP contribution is 2.33. The van der Waals surface area contributed by atoms with Gasteiger partial charge in [0.15, 0.2) is 0 Å². The van der Waals surface area contributed by atoms with Crippen molar-refractivity contribution in [2.45, 2.75) is 12.3 Å². The van der Waals surface area contributed by atoms with Gasteiger partial charge in [0.2, 0.25) is 5.91 Å². The van der Waals surface area contributed by atoms with Crippen LogP contribution in [-0.2, 0) is 0 Å². The van der Waals surface area contributed by atoms with Gasteiger partial charge in [-0.2, -0.15) is 0 Å². The number of hydrogen-bond donors (Lipinski definition) is 2.